The van der Waals surface area contributed by atoms with Gasteiger partial charge in [0.15, 0.2) is 0 Å². The number of rotatable bonds is 6. The number of morpholine rings is 1. The summed E-state index contributed by atoms with van der Waals surface area (Å²) in [4.78, 5) is 17.0. The number of nitrogens with zero attached hydrogens (tertiary/aromatic N) is 3. The molecule has 1 amide bonds. The van der Waals surface area contributed by atoms with E-state index in [1.54, 1.807) is 4.90 Å². The standard InChI is InChI=1S/C23H29N3O5S/c1-24(18-5-7-19(8-6-18)25-11-3-4-12-25)32(28,29)20-9-10-22(30-2)21(17-20)23(27)26-13-15-31-16-14-26/h5-10,17H,3-4,11-16H2,1-2H3. The lowest BCUT2D eigenvalue weighted by Gasteiger charge is -2.27. The van der Waals surface area contributed by atoms with Gasteiger partial charge < -0.3 is 19.3 Å². The van der Waals surface area contributed by atoms with Crippen molar-refractivity contribution in [3.8, 4) is 5.75 Å². The molecule has 0 saturated carbocycles. The lowest BCUT2D eigenvalue weighted by atomic mass is 10.1. The summed E-state index contributed by atoms with van der Waals surface area (Å²) in [5.74, 6) is 0.0814. The molecule has 2 fully saturated rings. The van der Waals surface area contributed by atoms with Crippen molar-refractivity contribution in [3.05, 3.63) is 48.0 Å². The van der Waals surface area contributed by atoms with Crippen LogP contribution in [0.25, 0.3) is 0 Å². The monoisotopic (exact) mass is 459 g/mol. The minimum atomic E-state index is -3.87. The summed E-state index contributed by atoms with van der Waals surface area (Å²) in [6, 6.07) is 11.9. The molecule has 0 aliphatic carbocycles. The quantitative estimate of drug-likeness (QED) is 0.661. The molecule has 2 aliphatic heterocycles. The van der Waals surface area contributed by atoms with Gasteiger partial charge in [-0.3, -0.25) is 9.10 Å². The number of hydrogen-bond acceptors (Lipinski definition) is 6. The molecule has 4 rings (SSSR count). The summed E-state index contributed by atoms with van der Waals surface area (Å²) in [6.45, 7) is 3.90. The van der Waals surface area contributed by atoms with Crippen LogP contribution in [0.15, 0.2) is 47.4 Å². The van der Waals surface area contributed by atoms with Crippen LogP contribution in [0, 0.1) is 0 Å². The van der Waals surface area contributed by atoms with E-state index in [1.807, 2.05) is 24.3 Å². The Morgan fingerprint density at radius 1 is 1.00 bits per heavy atom. The first-order chi connectivity index (χ1) is 15.4. The topological polar surface area (TPSA) is 79.4 Å². The number of benzene rings is 2. The first kappa shape index (κ1) is 22.4. The van der Waals surface area contributed by atoms with Gasteiger partial charge in [-0.05, 0) is 55.3 Å². The van der Waals surface area contributed by atoms with Crippen molar-refractivity contribution in [3.63, 3.8) is 0 Å². The number of hydrogen-bond donors (Lipinski definition) is 0. The third-order valence-electron chi connectivity index (χ3n) is 6.04. The van der Waals surface area contributed by atoms with E-state index in [-0.39, 0.29) is 16.4 Å². The normalized spacial score (nSPS) is 16.8. The Morgan fingerprint density at radius 2 is 1.66 bits per heavy atom. The molecule has 0 unspecified atom stereocenters. The van der Waals surface area contributed by atoms with Gasteiger partial charge in [0.05, 0.1) is 36.5 Å². The first-order valence-corrected chi connectivity index (χ1v) is 12.2. The van der Waals surface area contributed by atoms with Crippen LogP contribution < -0.4 is 13.9 Å². The third-order valence-corrected chi connectivity index (χ3v) is 7.82. The maximum absolute atomic E-state index is 13.4. The molecule has 8 nitrogen and oxygen atoms in total. The zero-order chi connectivity index (χ0) is 22.7. The minimum Gasteiger partial charge on any atom is -0.496 e. The third kappa shape index (κ3) is 4.40. The predicted molar refractivity (Wildman–Crippen MR) is 123 cm³/mol. The average molecular weight is 460 g/mol. The summed E-state index contributed by atoms with van der Waals surface area (Å²) in [7, 11) is -0.879. The van der Waals surface area contributed by atoms with Crippen LogP contribution >= 0.6 is 0 Å². The number of carbonyl (C=O) groups excluding carboxylic acids is 1. The molecular weight excluding hydrogens is 430 g/mol. The molecule has 172 valence electrons. The zero-order valence-electron chi connectivity index (χ0n) is 18.5. The summed E-state index contributed by atoms with van der Waals surface area (Å²) in [6.07, 6.45) is 2.36. The van der Waals surface area contributed by atoms with Gasteiger partial charge in [0.2, 0.25) is 0 Å². The van der Waals surface area contributed by atoms with E-state index in [2.05, 4.69) is 4.90 Å². The molecule has 2 aromatic carbocycles. The van der Waals surface area contributed by atoms with E-state index in [0.29, 0.717) is 37.7 Å². The maximum Gasteiger partial charge on any atom is 0.264 e. The van der Waals surface area contributed by atoms with Crippen LogP contribution in [0.2, 0.25) is 0 Å². The summed E-state index contributed by atoms with van der Waals surface area (Å²) < 4.78 is 38.6. The van der Waals surface area contributed by atoms with Crippen LogP contribution in [0.3, 0.4) is 0 Å². The van der Waals surface area contributed by atoms with Crippen molar-refractivity contribution in [2.75, 3.05) is 62.8 Å². The molecule has 2 saturated heterocycles. The van der Waals surface area contributed by atoms with Gasteiger partial charge in [-0.25, -0.2) is 8.42 Å². The molecule has 2 heterocycles. The number of anilines is 2. The van der Waals surface area contributed by atoms with Crippen molar-refractivity contribution in [1.29, 1.82) is 0 Å². The van der Waals surface area contributed by atoms with E-state index in [4.69, 9.17) is 9.47 Å². The number of methoxy groups -OCH3 is 1. The van der Waals surface area contributed by atoms with Crippen LogP contribution in [0.5, 0.6) is 5.75 Å². The second-order valence-corrected chi connectivity index (χ2v) is 9.92. The van der Waals surface area contributed by atoms with Gasteiger partial charge in [0.25, 0.3) is 15.9 Å². The van der Waals surface area contributed by atoms with Crippen LogP contribution in [-0.4, -0.2) is 72.8 Å². The van der Waals surface area contributed by atoms with Gasteiger partial charge >= 0.3 is 0 Å². The Morgan fingerprint density at radius 3 is 2.28 bits per heavy atom. The highest BCUT2D eigenvalue weighted by Gasteiger charge is 2.27. The van der Waals surface area contributed by atoms with Crippen LogP contribution in [0.1, 0.15) is 23.2 Å². The minimum absolute atomic E-state index is 0.0426. The smallest absolute Gasteiger partial charge is 0.264 e. The lowest BCUT2D eigenvalue weighted by Crippen LogP contribution is -2.40. The average Bonchev–Trinajstić information content (AvgIpc) is 3.38. The Balaban J connectivity index is 1.60. The van der Waals surface area contributed by atoms with Crippen molar-refractivity contribution in [2.24, 2.45) is 0 Å². The van der Waals surface area contributed by atoms with Gasteiger partial charge in [-0.15, -0.1) is 0 Å². The van der Waals surface area contributed by atoms with Crippen molar-refractivity contribution in [2.45, 2.75) is 17.7 Å². The molecule has 32 heavy (non-hydrogen) atoms. The van der Waals surface area contributed by atoms with Crippen molar-refractivity contribution < 1.29 is 22.7 Å². The van der Waals surface area contributed by atoms with E-state index in [1.165, 1.54) is 49.5 Å². The SMILES string of the molecule is COc1ccc(S(=O)(=O)N(C)c2ccc(N3CCCC3)cc2)cc1C(=O)N1CCOCC1. The summed E-state index contributed by atoms with van der Waals surface area (Å²) in [5.41, 5.74) is 1.89. The fourth-order valence-electron chi connectivity index (χ4n) is 4.10. The predicted octanol–water partition coefficient (Wildman–Crippen LogP) is 2.59. The van der Waals surface area contributed by atoms with Gasteiger partial charge in [-0.1, -0.05) is 0 Å². The Hall–Kier alpha value is -2.78. The molecule has 2 aromatic rings. The molecule has 0 spiro atoms. The Labute approximate surface area is 189 Å². The van der Waals surface area contributed by atoms with Crippen LogP contribution in [0.4, 0.5) is 11.4 Å². The summed E-state index contributed by atoms with van der Waals surface area (Å²) >= 11 is 0. The fourth-order valence-corrected chi connectivity index (χ4v) is 5.32. The van der Waals surface area contributed by atoms with Crippen molar-refractivity contribution in [1.82, 2.24) is 4.90 Å². The molecule has 0 radical (unpaired) electrons. The largest absolute Gasteiger partial charge is 0.496 e. The van der Waals surface area contributed by atoms with Crippen LogP contribution in [-0.2, 0) is 14.8 Å². The second-order valence-electron chi connectivity index (χ2n) is 7.95. The van der Waals surface area contributed by atoms with E-state index >= 15 is 0 Å². The van der Waals surface area contributed by atoms with E-state index in [9.17, 15) is 13.2 Å². The Kier molecular flexibility index (Phi) is 6.57. The molecular formula is C23H29N3O5S. The van der Waals surface area contributed by atoms with Gasteiger partial charge in [-0.2, -0.15) is 0 Å². The highest BCUT2D eigenvalue weighted by molar-refractivity contribution is 7.92. The highest BCUT2D eigenvalue weighted by Crippen LogP contribution is 2.29. The van der Waals surface area contributed by atoms with E-state index in [0.717, 1.165) is 18.8 Å². The molecule has 0 bridgehead atoms. The molecule has 9 heteroatoms. The first-order valence-electron chi connectivity index (χ1n) is 10.8. The molecule has 0 atom stereocenters. The molecule has 0 N–H and O–H groups in total. The van der Waals surface area contributed by atoms with E-state index < -0.39 is 10.0 Å². The fraction of sp³-hybridized carbons (Fsp3) is 0.435. The zero-order valence-corrected chi connectivity index (χ0v) is 19.3. The maximum atomic E-state index is 13.4. The van der Waals surface area contributed by atoms with Gasteiger partial charge in [0.1, 0.15) is 5.75 Å². The highest BCUT2D eigenvalue weighted by atomic mass is 32.2. The molecule has 0 aromatic heterocycles. The van der Waals surface area contributed by atoms with Gasteiger partial charge in [0, 0.05) is 38.9 Å². The van der Waals surface area contributed by atoms with Crippen molar-refractivity contribution >= 4 is 27.3 Å². The number of carbonyl (C=O) groups is 1. The lowest BCUT2D eigenvalue weighted by molar-refractivity contribution is 0.0300. The molecule has 2 aliphatic rings. The number of amides is 1. The summed E-state index contributed by atoms with van der Waals surface area (Å²) in [5, 5.41) is 0. The number of ether oxygens (including phenoxy) is 2. The Bertz CT molecular complexity index is 1060. The number of sulfonamides is 1. The second kappa shape index (κ2) is 9.38.